The van der Waals surface area contributed by atoms with Crippen molar-refractivity contribution in [1.29, 1.82) is 0 Å². The maximum atomic E-state index is 14.2. The van der Waals surface area contributed by atoms with Crippen LogP contribution in [0.15, 0.2) is 88.3 Å². The predicted molar refractivity (Wildman–Crippen MR) is 145 cm³/mol. The van der Waals surface area contributed by atoms with Crippen LogP contribution in [0.25, 0.3) is 22.5 Å². The number of aromatic hydroxyl groups is 1. The molecule has 0 aliphatic rings. The average molecular weight is 579 g/mol. The van der Waals surface area contributed by atoms with E-state index in [1.165, 1.54) is 10.6 Å². The van der Waals surface area contributed by atoms with Crippen molar-refractivity contribution in [1.82, 2.24) is 19.5 Å². The molecule has 0 saturated carbocycles. The Labute approximate surface area is 225 Å². The molecule has 0 saturated heterocycles. The molecule has 3 aromatic carbocycles. The van der Waals surface area contributed by atoms with Crippen LogP contribution in [0.3, 0.4) is 0 Å². The molecule has 0 amide bonds. The Morgan fingerprint density at radius 1 is 1.03 bits per heavy atom. The summed E-state index contributed by atoms with van der Waals surface area (Å²) >= 11 is 3.16. The van der Waals surface area contributed by atoms with E-state index in [0.29, 0.717) is 39.3 Å². The van der Waals surface area contributed by atoms with Crippen LogP contribution in [0.5, 0.6) is 11.6 Å². The van der Waals surface area contributed by atoms with Crippen LogP contribution in [0, 0.1) is 5.82 Å². The van der Waals surface area contributed by atoms with Crippen molar-refractivity contribution in [3.05, 3.63) is 111 Å². The minimum absolute atomic E-state index is 0.104. The molecule has 5 aromatic rings. The van der Waals surface area contributed by atoms with Gasteiger partial charge in [0.05, 0.1) is 23.0 Å². The number of aliphatic hydroxyl groups is 1. The van der Waals surface area contributed by atoms with Gasteiger partial charge in [-0.05, 0) is 57.9 Å². The van der Waals surface area contributed by atoms with Gasteiger partial charge < -0.3 is 24.9 Å². The Bertz CT molecular complexity index is 1600. The minimum atomic E-state index is -0.684. The standard InChI is InChI=1S/C28H24BrFN4O4/c29-21-11-8-19(15-22(21)30)23-16-31-26(32-23)24(14-17-4-2-1-3-5-17)34-27(36)25(33-28(34)37)18-6-9-20(10-7-18)38-13-12-35/h1-11,15-16,24,35-36H,12-14H2,(H,31,32)(H,33,37)/t24-/m1/s1. The van der Waals surface area contributed by atoms with E-state index in [0.717, 1.165) is 5.56 Å². The number of hydrogen-bond acceptors (Lipinski definition) is 5. The van der Waals surface area contributed by atoms with Gasteiger partial charge in [-0.15, -0.1) is 0 Å². The molecular formula is C28H24BrFN4O4. The average Bonchev–Trinajstić information content (AvgIpc) is 3.53. The van der Waals surface area contributed by atoms with E-state index in [4.69, 9.17) is 9.84 Å². The van der Waals surface area contributed by atoms with Crippen molar-refractivity contribution in [2.24, 2.45) is 0 Å². The molecule has 8 nitrogen and oxygen atoms in total. The Kier molecular flexibility index (Phi) is 7.43. The van der Waals surface area contributed by atoms with Gasteiger partial charge in [0.2, 0.25) is 5.88 Å². The molecule has 10 heteroatoms. The molecule has 0 fully saturated rings. The van der Waals surface area contributed by atoms with Crippen LogP contribution in [0.4, 0.5) is 4.39 Å². The largest absolute Gasteiger partial charge is 0.493 e. The van der Waals surface area contributed by atoms with Crippen molar-refractivity contribution >= 4 is 15.9 Å². The van der Waals surface area contributed by atoms with Crippen LogP contribution in [0.1, 0.15) is 17.4 Å². The van der Waals surface area contributed by atoms with Crippen molar-refractivity contribution in [3.8, 4) is 34.1 Å². The fourth-order valence-electron chi connectivity index (χ4n) is 4.28. The first kappa shape index (κ1) is 25.5. The quantitative estimate of drug-likeness (QED) is 0.195. The molecule has 1 atom stereocenters. The Hall–Kier alpha value is -4.15. The molecule has 4 N–H and O–H groups in total. The number of ether oxygens (including phenoxy) is 1. The van der Waals surface area contributed by atoms with Gasteiger partial charge >= 0.3 is 5.69 Å². The van der Waals surface area contributed by atoms with Gasteiger partial charge in [0.1, 0.15) is 35.7 Å². The molecule has 2 heterocycles. The summed E-state index contributed by atoms with van der Waals surface area (Å²) < 4.78 is 21.2. The topological polar surface area (TPSA) is 116 Å². The lowest BCUT2D eigenvalue weighted by molar-refractivity contribution is 0.201. The van der Waals surface area contributed by atoms with Gasteiger partial charge in [0.25, 0.3) is 0 Å². The zero-order valence-corrected chi connectivity index (χ0v) is 21.7. The van der Waals surface area contributed by atoms with Crippen molar-refractivity contribution < 1.29 is 19.3 Å². The molecule has 0 aliphatic carbocycles. The van der Waals surface area contributed by atoms with Gasteiger partial charge in [0.15, 0.2) is 0 Å². The lowest BCUT2D eigenvalue weighted by Gasteiger charge is -2.17. The number of nitrogens with zero attached hydrogens (tertiary/aromatic N) is 2. The first-order chi connectivity index (χ1) is 18.4. The SMILES string of the molecule is O=c1[nH]c(-c2ccc(OCCO)cc2)c(O)n1[C@H](Cc1ccccc1)c1ncc(-c2ccc(Br)c(F)c2)[nH]1. The number of aliphatic hydroxyl groups excluding tert-OH is 1. The second kappa shape index (κ2) is 11.1. The maximum Gasteiger partial charge on any atom is 0.329 e. The first-order valence-corrected chi connectivity index (χ1v) is 12.7. The van der Waals surface area contributed by atoms with Gasteiger partial charge in [-0.2, -0.15) is 0 Å². The van der Waals surface area contributed by atoms with E-state index < -0.39 is 17.5 Å². The van der Waals surface area contributed by atoms with Crippen molar-refractivity contribution in [3.63, 3.8) is 0 Å². The highest BCUT2D eigenvalue weighted by atomic mass is 79.9. The van der Waals surface area contributed by atoms with Gasteiger partial charge in [-0.25, -0.2) is 14.2 Å². The summed E-state index contributed by atoms with van der Waals surface area (Å²) in [6, 6.07) is 20.4. The second-order valence-corrected chi connectivity index (χ2v) is 9.47. The number of benzene rings is 3. The highest BCUT2D eigenvalue weighted by Gasteiger charge is 2.26. The molecule has 38 heavy (non-hydrogen) atoms. The zero-order chi connectivity index (χ0) is 26.6. The summed E-state index contributed by atoms with van der Waals surface area (Å²) in [5, 5.41) is 20.2. The van der Waals surface area contributed by atoms with E-state index in [-0.39, 0.29) is 24.8 Å². The number of aromatic nitrogens is 4. The molecule has 0 unspecified atom stereocenters. The molecule has 0 radical (unpaired) electrons. The summed E-state index contributed by atoms with van der Waals surface area (Å²) in [6.07, 6.45) is 1.94. The lowest BCUT2D eigenvalue weighted by atomic mass is 10.0. The van der Waals surface area contributed by atoms with Crippen LogP contribution in [0.2, 0.25) is 0 Å². The van der Waals surface area contributed by atoms with Crippen molar-refractivity contribution in [2.45, 2.75) is 12.5 Å². The van der Waals surface area contributed by atoms with E-state index >= 15 is 0 Å². The number of H-pyrrole nitrogens is 2. The van der Waals surface area contributed by atoms with E-state index in [1.807, 2.05) is 30.3 Å². The highest BCUT2D eigenvalue weighted by Crippen LogP contribution is 2.33. The van der Waals surface area contributed by atoms with E-state index in [2.05, 4.69) is 30.9 Å². The van der Waals surface area contributed by atoms with E-state index in [1.54, 1.807) is 42.6 Å². The normalized spacial score (nSPS) is 12.0. The molecule has 0 aliphatic heterocycles. The summed E-state index contributed by atoms with van der Waals surface area (Å²) in [7, 11) is 0. The number of halogens is 2. The smallest absolute Gasteiger partial charge is 0.329 e. The van der Waals surface area contributed by atoms with E-state index in [9.17, 15) is 14.3 Å². The first-order valence-electron chi connectivity index (χ1n) is 11.9. The fourth-order valence-corrected chi connectivity index (χ4v) is 4.52. The molecule has 0 spiro atoms. The molecule has 2 aromatic heterocycles. The van der Waals surface area contributed by atoms with Gasteiger partial charge in [-0.1, -0.05) is 36.4 Å². The third-order valence-corrected chi connectivity index (χ3v) is 6.77. The van der Waals surface area contributed by atoms with Crippen LogP contribution in [-0.4, -0.2) is 42.9 Å². The Morgan fingerprint density at radius 2 is 1.76 bits per heavy atom. The summed E-state index contributed by atoms with van der Waals surface area (Å²) in [6.45, 7) is 0.0593. The summed E-state index contributed by atoms with van der Waals surface area (Å²) in [4.78, 5) is 23.7. The molecular weight excluding hydrogens is 555 g/mol. The second-order valence-electron chi connectivity index (χ2n) is 8.61. The predicted octanol–water partition coefficient (Wildman–Crippen LogP) is 5.04. The third-order valence-electron chi connectivity index (χ3n) is 6.13. The third kappa shape index (κ3) is 5.27. The monoisotopic (exact) mass is 578 g/mol. The number of nitrogens with one attached hydrogen (secondary N) is 2. The molecule has 0 bridgehead atoms. The van der Waals surface area contributed by atoms with Crippen LogP contribution >= 0.6 is 15.9 Å². The molecule has 194 valence electrons. The number of aromatic amines is 2. The number of rotatable bonds is 9. The number of imidazole rings is 2. The maximum absolute atomic E-state index is 14.2. The zero-order valence-electron chi connectivity index (χ0n) is 20.1. The minimum Gasteiger partial charge on any atom is -0.493 e. The lowest BCUT2D eigenvalue weighted by Crippen LogP contribution is -2.25. The Morgan fingerprint density at radius 3 is 2.47 bits per heavy atom. The Balaban J connectivity index is 1.54. The van der Waals surface area contributed by atoms with Crippen molar-refractivity contribution in [2.75, 3.05) is 13.2 Å². The molecule has 5 rings (SSSR count). The van der Waals surface area contributed by atoms with Crippen LogP contribution in [-0.2, 0) is 6.42 Å². The highest BCUT2D eigenvalue weighted by molar-refractivity contribution is 9.10. The van der Waals surface area contributed by atoms with Crippen LogP contribution < -0.4 is 10.4 Å². The fraction of sp³-hybridized carbons (Fsp3) is 0.143. The number of hydrogen-bond donors (Lipinski definition) is 4. The van der Waals surface area contributed by atoms with Gasteiger partial charge in [0, 0.05) is 17.5 Å². The van der Waals surface area contributed by atoms with Gasteiger partial charge in [-0.3, -0.25) is 4.57 Å². The summed E-state index contributed by atoms with van der Waals surface area (Å²) in [5.74, 6) is 0.338. The summed E-state index contributed by atoms with van der Waals surface area (Å²) in [5.41, 5.74) is 2.43.